The summed E-state index contributed by atoms with van der Waals surface area (Å²) < 4.78 is 173. The summed E-state index contributed by atoms with van der Waals surface area (Å²) in [5, 5.41) is 0. The van der Waals surface area contributed by atoms with Crippen molar-refractivity contribution in [1.29, 1.82) is 0 Å². The molecule has 0 aromatic heterocycles. The number of benzene rings is 2. The van der Waals surface area contributed by atoms with E-state index in [-0.39, 0.29) is 0 Å². The molecule has 2 aromatic rings. The van der Waals surface area contributed by atoms with Crippen molar-refractivity contribution in [1.82, 2.24) is 0 Å². The van der Waals surface area contributed by atoms with Crippen molar-refractivity contribution in [2.75, 3.05) is 0 Å². The van der Waals surface area contributed by atoms with Crippen LogP contribution in [0.15, 0.2) is 4.90 Å². The lowest BCUT2D eigenvalue weighted by Gasteiger charge is -2.16. The van der Waals surface area contributed by atoms with Gasteiger partial charge in [-0.1, -0.05) is 0 Å². The molecule has 0 atom stereocenters. The van der Waals surface area contributed by atoms with Crippen LogP contribution in [0.25, 0.3) is 0 Å². The molecule has 0 aliphatic rings. The Labute approximate surface area is 159 Å². The molecule has 29 heavy (non-hydrogen) atoms. The summed E-state index contributed by atoms with van der Waals surface area (Å²) in [6.07, 6.45) is -5.95. The Morgan fingerprint density at radius 1 is 0.621 bits per heavy atom. The minimum absolute atomic E-state index is 1.71. The molecule has 16 heteroatoms. The van der Waals surface area contributed by atoms with Gasteiger partial charge in [-0.25, -0.2) is 26.0 Å². The number of hydrogen-bond donors (Lipinski definition) is 0. The first kappa shape index (κ1) is 23.2. The maximum Gasteiger partial charge on any atom is 0.422 e. The molecule has 0 amide bonds. The van der Waals surface area contributed by atoms with Gasteiger partial charge in [0.25, 0.3) is 0 Å². The largest absolute Gasteiger partial charge is 0.444 e. The highest BCUT2D eigenvalue weighted by molar-refractivity contribution is 9.47. The number of rotatable bonds is 3. The first-order chi connectivity index (χ1) is 13.0. The van der Waals surface area contributed by atoms with E-state index in [0.29, 0.717) is 0 Å². The van der Waals surface area contributed by atoms with Crippen LogP contribution in [0.3, 0.4) is 0 Å². The van der Waals surface area contributed by atoms with Gasteiger partial charge >= 0.3 is 6.18 Å². The molecule has 0 aliphatic carbocycles. The zero-order valence-electron chi connectivity index (χ0n) is 12.7. The van der Waals surface area contributed by atoms with Crippen LogP contribution in [0.1, 0.15) is 5.56 Å². The maximum absolute atomic E-state index is 13.8. The molecule has 0 radical (unpaired) electrons. The van der Waals surface area contributed by atoms with Gasteiger partial charge in [0.05, 0.1) is 14.8 Å². The van der Waals surface area contributed by atoms with E-state index >= 15 is 0 Å². The zero-order chi connectivity index (χ0) is 22.6. The van der Waals surface area contributed by atoms with Crippen LogP contribution in [-0.2, 0) is 14.4 Å². The third kappa shape index (κ3) is 3.86. The van der Waals surface area contributed by atoms with E-state index in [9.17, 15) is 56.7 Å². The summed E-state index contributed by atoms with van der Waals surface area (Å²) in [6.45, 7) is 0. The van der Waals surface area contributed by atoms with Crippen molar-refractivity contribution < 1.29 is 61.4 Å². The number of halogens is 12. The van der Waals surface area contributed by atoms with Gasteiger partial charge in [0.1, 0.15) is 5.56 Å². The number of alkyl halides is 3. The predicted octanol–water partition coefficient (Wildman–Crippen LogP) is 5.69. The predicted molar refractivity (Wildman–Crippen MR) is 73.7 cm³/mol. The topological polar surface area (TPSA) is 43.4 Å². The molecule has 0 saturated carbocycles. The van der Waals surface area contributed by atoms with Crippen molar-refractivity contribution in [2.45, 2.75) is 11.1 Å². The molecule has 0 unspecified atom stereocenters. The second-order valence-electron chi connectivity index (χ2n) is 4.91. The molecule has 0 heterocycles. The molecule has 0 N–H and O–H groups in total. The summed E-state index contributed by atoms with van der Waals surface area (Å²) in [5.74, 6) is -27.9. The molecule has 3 nitrogen and oxygen atoms in total. The Balaban J connectivity index is 2.81. The molecule has 0 saturated heterocycles. The smallest absolute Gasteiger partial charge is 0.422 e. The highest BCUT2D eigenvalue weighted by atomic mass is 79.9. The Kier molecular flexibility index (Phi) is 5.84. The normalized spacial score (nSPS) is 12.4. The van der Waals surface area contributed by atoms with Crippen molar-refractivity contribution in [3.63, 3.8) is 0 Å². The Morgan fingerprint density at radius 3 is 1.21 bits per heavy atom. The van der Waals surface area contributed by atoms with Gasteiger partial charge in [0, 0.05) is 0 Å². The average Bonchev–Trinajstić information content (AvgIpc) is 2.55. The molecular formula is C13BrF11O3S. The minimum atomic E-state index is -5.95. The van der Waals surface area contributed by atoms with E-state index < -0.39 is 82.9 Å². The molecule has 0 bridgehead atoms. The monoisotopic (exact) mass is 524 g/mol. The van der Waals surface area contributed by atoms with Gasteiger partial charge in [0.15, 0.2) is 28.2 Å². The maximum atomic E-state index is 13.8. The van der Waals surface area contributed by atoms with Gasteiger partial charge in [0.2, 0.25) is 43.0 Å². The highest BCUT2D eigenvalue weighted by Crippen LogP contribution is 2.42. The summed E-state index contributed by atoms with van der Waals surface area (Å²) >= 11 is 1.71. The van der Waals surface area contributed by atoms with Crippen LogP contribution in [0.5, 0.6) is 11.5 Å². The first-order valence-corrected chi connectivity index (χ1v) is 9.75. The lowest BCUT2D eigenvalue weighted by Crippen LogP contribution is -2.16. The Morgan fingerprint density at radius 2 is 0.931 bits per heavy atom. The fourth-order valence-corrected chi connectivity index (χ4v) is 3.41. The standard InChI is InChI=1S/C13BrF11O3S/c14-29(26,27)12-8(21)6(19)11(7(20)9(12)22)28-10-4(17)2(15)1(13(23,24)25)3(16)5(10)18. The fourth-order valence-electron chi connectivity index (χ4n) is 1.95. The highest BCUT2D eigenvalue weighted by Gasteiger charge is 2.43. The first-order valence-electron chi connectivity index (χ1n) is 6.43. The third-order valence-electron chi connectivity index (χ3n) is 3.14. The molecule has 2 aromatic carbocycles. The molecule has 0 fully saturated rings. The lowest BCUT2D eigenvalue weighted by molar-refractivity contribution is -0.143. The van der Waals surface area contributed by atoms with Crippen molar-refractivity contribution >= 4 is 23.1 Å². The summed E-state index contributed by atoms with van der Waals surface area (Å²) in [5.41, 5.74) is -3.06. The van der Waals surface area contributed by atoms with Gasteiger partial charge in [-0.05, 0) is 0 Å². The molecule has 2 rings (SSSR count). The van der Waals surface area contributed by atoms with E-state index in [1.165, 1.54) is 0 Å². The zero-order valence-corrected chi connectivity index (χ0v) is 15.1. The van der Waals surface area contributed by atoms with E-state index in [1.807, 2.05) is 0 Å². The molecular weight excluding hydrogens is 525 g/mol. The van der Waals surface area contributed by atoms with E-state index in [0.717, 1.165) is 0 Å². The van der Waals surface area contributed by atoms with Crippen molar-refractivity contribution in [3.05, 3.63) is 52.1 Å². The minimum Gasteiger partial charge on any atom is -0.444 e. The SMILES string of the molecule is O=S(=O)(Br)c1c(F)c(F)c(Oc2c(F)c(F)c(C(F)(F)F)c(F)c2F)c(F)c1F. The second kappa shape index (κ2) is 7.30. The van der Waals surface area contributed by atoms with Crippen LogP contribution >= 0.6 is 14.8 Å². The second-order valence-corrected chi connectivity index (χ2v) is 8.75. The number of ether oxygens (including phenoxy) is 1. The average molecular weight is 525 g/mol. The third-order valence-corrected chi connectivity index (χ3v) is 4.95. The Bertz CT molecular complexity index is 1070. The summed E-state index contributed by atoms with van der Waals surface area (Å²) in [6, 6.07) is 0. The molecule has 0 spiro atoms. The van der Waals surface area contributed by atoms with E-state index in [4.69, 9.17) is 0 Å². The van der Waals surface area contributed by atoms with Gasteiger partial charge in [-0.3, -0.25) is 0 Å². The summed E-state index contributed by atoms with van der Waals surface area (Å²) in [4.78, 5) is -2.23. The van der Waals surface area contributed by atoms with Crippen molar-refractivity contribution in [3.8, 4) is 11.5 Å². The van der Waals surface area contributed by atoms with Crippen molar-refractivity contribution in [2.24, 2.45) is 0 Å². The fraction of sp³-hybridized carbons (Fsp3) is 0.0769. The van der Waals surface area contributed by atoms with Crippen LogP contribution in [-0.4, -0.2) is 8.42 Å². The van der Waals surface area contributed by atoms with E-state index in [1.54, 1.807) is 14.8 Å². The van der Waals surface area contributed by atoms with Crippen LogP contribution in [0, 0.1) is 46.5 Å². The van der Waals surface area contributed by atoms with E-state index in [2.05, 4.69) is 4.74 Å². The van der Waals surface area contributed by atoms with Gasteiger partial charge < -0.3 is 4.74 Å². The molecule has 160 valence electrons. The van der Waals surface area contributed by atoms with Gasteiger partial charge in [-0.15, -0.1) is 0 Å². The number of hydrogen-bond acceptors (Lipinski definition) is 3. The lowest BCUT2D eigenvalue weighted by atomic mass is 10.1. The quantitative estimate of drug-likeness (QED) is 0.294. The van der Waals surface area contributed by atoms with Crippen LogP contribution in [0.4, 0.5) is 48.3 Å². The van der Waals surface area contributed by atoms with Crippen LogP contribution in [0.2, 0.25) is 0 Å². The van der Waals surface area contributed by atoms with Gasteiger partial charge in [-0.2, -0.15) is 30.7 Å². The molecule has 0 aliphatic heterocycles. The summed E-state index contributed by atoms with van der Waals surface area (Å²) in [7, 11) is -5.12. The Hall–Kier alpha value is -2.10. The van der Waals surface area contributed by atoms with Crippen LogP contribution < -0.4 is 4.74 Å².